The summed E-state index contributed by atoms with van der Waals surface area (Å²) in [5.74, 6) is 0.199. The van der Waals surface area contributed by atoms with Crippen LogP contribution in [0.5, 0.6) is 0 Å². The molecule has 3 heterocycles. The second-order valence-corrected chi connectivity index (χ2v) is 6.39. The van der Waals surface area contributed by atoms with Crippen LogP contribution in [0, 0.1) is 6.92 Å². The SMILES string of the molecule is Cc1nccc(C(=O)N2CC[C@@H](n3ccc(=O)[nH]c3=O)[C@](C)(O)C2)n1. The Morgan fingerprint density at radius 1 is 1.40 bits per heavy atom. The predicted molar refractivity (Wildman–Crippen MR) is 88.3 cm³/mol. The van der Waals surface area contributed by atoms with Gasteiger partial charge in [0.05, 0.1) is 12.6 Å². The molecule has 0 spiro atoms. The van der Waals surface area contributed by atoms with Gasteiger partial charge < -0.3 is 10.0 Å². The molecule has 1 fully saturated rings. The molecule has 132 valence electrons. The molecule has 0 aliphatic carbocycles. The second-order valence-electron chi connectivity index (χ2n) is 6.39. The molecule has 1 aliphatic rings. The molecule has 3 rings (SSSR count). The van der Waals surface area contributed by atoms with Crippen LogP contribution in [0.3, 0.4) is 0 Å². The standard InChI is InChI=1S/C16H19N5O4/c1-10-17-6-3-11(18-10)14(23)20-7-4-12(16(2,25)9-20)21-8-5-13(22)19-15(21)24/h3,5-6,8,12,25H,4,7,9H2,1-2H3,(H,19,22,24)/t12-,16-/m1/s1. The zero-order valence-corrected chi connectivity index (χ0v) is 14.0. The first-order chi connectivity index (χ1) is 11.8. The van der Waals surface area contributed by atoms with Crippen molar-refractivity contribution in [3.05, 3.63) is 56.9 Å². The number of aromatic nitrogens is 4. The van der Waals surface area contributed by atoms with E-state index in [0.717, 1.165) is 0 Å². The summed E-state index contributed by atoms with van der Waals surface area (Å²) in [7, 11) is 0. The van der Waals surface area contributed by atoms with E-state index in [4.69, 9.17) is 0 Å². The monoisotopic (exact) mass is 345 g/mol. The minimum atomic E-state index is -1.34. The summed E-state index contributed by atoms with van der Waals surface area (Å²) in [6.45, 7) is 3.67. The van der Waals surface area contributed by atoms with Crippen LogP contribution < -0.4 is 11.2 Å². The lowest BCUT2D eigenvalue weighted by molar-refractivity contribution is -0.0505. The molecule has 0 bridgehead atoms. The van der Waals surface area contributed by atoms with Crippen LogP contribution in [0.1, 0.15) is 35.7 Å². The van der Waals surface area contributed by atoms with Gasteiger partial charge in [-0.15, -0.1) is 0 Å². The van der Waals surface area contributed by atoms with E-state index in [1.165, 1.54) is 34.0 Å². The third-order valence-corrected chi connectivity index (χ3v) is 4.37. The Labute approximate surface area is 143 Å². The molecular weight excluding hydrogens is 326 g/mol. The van der Waals surface area contributed by atoms with Crippen LogP contribution in [0.25, 0.3) is 0 Å². The number of piperidine rings is 1. The van der Waals surface area contributed by atoms with Gasteiger partial charge in [-0.1, -0.05) is 0 Å². The summed E-state index contributed by atoms with van der Waals surface area (Å²) in [6.07, 6.45) is 3.25. The Hall–Kier alpha value is -2.81. The van der Waals surface area contributed by atoms with Gasteiger partial charge in [0, 0.05) is 25.0 Å². The van der Waals surface area contributed by atoms with Crippen molar-refractivity contribution in [3.8, 4) is 0 Å². The third-order valence-electron chi connectivity index (χ3n) is 4.37. The Morgan fingerprint density at radius 3 is 2.80 bits per heavy atom. The quantitative estimate of drug-likeness (QED) is 0.755. The number of carbonyl (C=O) groups excluding carboxylic acids is 1. The van der Waals surface area contributed by atoms with Gasteiger partial charge in [0.15, 0.2) is 0 Å². The number of aryl methyl sites for hydroxylation is 1. The van der Waals surface area contributed by atoms with Crippen molar-refractivity contribution in [2.75, 3.05) is 13.1 Å². The number of rotatable bonds is 2. The third kappa shape index (κ3) is 3.36. The van der Waals surface area contributed by atoms with Crippen LogP contribution in [0.15, 0.2) is 34.1 Å². The molecule has 0 radical (unpaired) electrons. The maximum Gasteiger partial charge on any atom is 0.328 e. The van der Waals surface area contributed by atoms with Crippen molar-refractivity contribution in [1.82, 2.24) is 24.4 Å². The first kappa shape index (κ1) is 17.0. The van der Waals surface area contributed by atoms with Crippen LogP contribution in [-0.2, 0) is 0 Å². The number of likely N-dealkylation sites (tertiary alicyclic amines) is 1. The molecule has 1 aliphatic heterocycles. The molecule has 0 saturated carbocycles. The summed E-state index contributed by atoms with van der Waals surface area (Å²) in [5, 5.41) is 10.8. The number of aromatic amines is 1. The fraction of sp³-hybridized carbons (Fsp3) is 0.438. The first-order valence-corrected chi connectivity index (χ1v) is 7.91. The minimum Gasteiger partial charge on any atom is -0.386 e. The number of β-amino-alcohol motifs (C(OH)–C–C–N with tert-alkyl or cyclic N) is 1. The molecular formula is C16H19N5O4. The lowest BCUT2D eigenvalue weighted by atomic mass is 9.88. The van der Waals surface area contributed by atoms with Gasteiger partial charge in [0.2, 0.25) is 0 Å². The van der Waals surface area contributed by atoms with E-state index in [2.05, 4.69) is 15.0 Å². The number of nitrogens with one attached hydrogen (secondary N) is 1. The van der Waals surface area contributed by atoms with Crippen LogP contribution in [-0.4, -0.2) is 54.1 Å². The van der Waals surface area contributed by atoms with Gasteiger partial charge in [-0.05, 0) is 26.3 Å². The van der Waals surface area contributed by atoms with E-state index in [9.17, 15) is 19.5 Å². The minimum absolute atomic E-state index is 0.0467. The molecule has 1 amide bonds. The van der Waals surface area contributed by atoms with Gasteiger partial charge in [0.1, 0.15) is 17.1 Å². The van der Waals surface area contributed by atoms with Crippen LogP contribution >= 0.6 is 0 Å². The molecule has 9 heteroatoms. The maximum absolute atomic E-state index is 12.6. The smallest absolute Gasteiger partial charge is 0.328 e. The second kappa shape index (κ2) is 6.25. The molecule has 9 nitrogen and oxygen atoms in total. The highest BCUT2D eigenvalue weighted by Crippen LogP contribution is 2.31. The summed E-state index contributed by atoms with van der Waals surface area (Å²) in [5.41, 5.74) is -2.14. The predicted octanol–water partition coefficient (Wildman–Crippen LogP) is -0.527. The van der Waals surface area contributed by atoms with E-state index in [0.29, 0.717) is 18.8 Å². The fourth-order valence-corrected chi connectivity index (χ4v) is 3.18. The largest absolute Gasteiger partial charge is 0.386 e. The molecule has 2 N–H and O–H groups in total. The normalized spacial score (nSPS) is 23.5. The number of carbonyl (C=O) groups is 1. The van der Waals surface area contributed by atoms with Crippen molar-refractivity contribution in [2.24, 2.45) is 0 Å². The maximum atomic E-state index is 12.6. The van der Waals surface area contributed by atoms with E-state index >= 15 is 0 Å². The van der Waals surface area contributed by atoms with E-state index in [1.807, 2.05) is 0 Å². The average Bonchev–Trinajstić information content (AvgIpc) is 2.54. The number of amides is 1. The van der Waals surface area contributed by atoms with Crippen molar-refractivity contribution < 1.29 is 9.90 Å². The Bertz CT molecular complexity index is 917. The molecule has 2 aromatic rings. The zero-order valence-electron chi connectivity index (χ0n) is 14.0. The van der Waals surface area contributed by atoms with Crippen molar-refractivity contribution in [2.45, 2.75) is 31.9 Å². The molecule has 1 saturated heterocycles. The van der Waals surface area contributed by atoms with Gasteiger partial charge in [-0.25, -0.2) is 14.8 Å². The summed E-state index contributed by atoms with van der Waals surface area (Å²) >= 11 is 0. The van der Waals surface area contributed by atoms with Gasteiger partial charge >= 0.3 is 5.69 Å². The molecule has 0 unspecified atom stereocenters. The molecule has 0 aromatic carbocycles. The summed E-state index contributed by atoms with van der Waals surface area (Å²) in [4.78, 5) is 47.6. The highest BCUT2D eigenvalue weighted by molar-refractivity contribution is 5.92. The summed E-state index contributed by atoms with van der Waals surface area (Å²) in [6, 6.07) is 2.22. The van der Waals surface area contributed by atoms with E-state index in [-0.39, 0.29) is 18.1 Å². The molecule has 25 heavy (non-hydrogen) atoms. The van der Waals surface area contributed by atoms with Crippen LogP contribution in [0.4, 0.5) is 0 Å². The fourth-order valence-electron chi connectivity index (χ4n) is 3.18. The van der Waals surface area contributed by atoms with Crippen molar-refractivity contribution in [3.63, 3.8) is 0 Å². The number of H-pyrrole nitrogens is 1. The zero-order chi connectivity index (χ0) is 18.2. The van der Waals surface area contributed by atoms with Crippen molar-refractivity contribution in [1.29, 1.82) is 0 Å². The Morgan fingerprint density at radius 2 is 2.16 bits per heavy atom. The highest BCUT2D eigenvalue weighted by atomic mass is 16.3. The van der Waals surface area contributed by atoms with Gasteiger partial charge in [-0.2, -0.15) is 0 Å². The highest BCUT2D eigenvalue weighted by Gasteiger charge is 2.41. The van der Waals surface area contributed by atoms with E-state index < -0.39 is 22.9 Å². The lowest BCUT2D eigenvalue weighted by Gasteiger charge is -2.43. The molecule has 2 aromatic heterocycles. The topological polar surface area (TPSA) is 121 Å². The number of hydrogen-bond donors (Lipinski definition) is 2. The van der Waals surface area contributed by atoms with Crippen LogP contribution in [0.2, 0.25) is 0 Å². The van der Waals surface area contributed by atoms with E-state index in [1.54, 1.807) is 13.8 Å². The summed E-state index contributed by atoms with van der Waals surface area (Å²) < 4.78 is 1.30. The number of aliphatic hydroxyl groups is 1. The number of nitrogens with zero attached hydrogens (tertiary/aromatic N) is 4. The first-order valence-electron chi connectivity index (χ1n) is 7.91. The molecule has 2 atom stereocenters. The Kier molecular flexibility index (Phi) is 4.25. The Balaban J connectivity index is 1.84. The average molecular weight is 345 g/mol. The van der Waals surface area contributed by atoms with Gasteiger partial charge in [0.25, 0.3) is 11.5 Å². The number of hydrogen-bond acceptors (Lipinski definition) is 6. The lowest BCUT2D eigenvalue weighted by Crippen LogP contribution is -2.56. The van der Waals surface area contributed by atoms with Gasteiger partial charge in [-0.3, -0.25) is 19.1 Å². The van der Waals surface area contributed by atoms with Crippen molar-refractivity contribution >= 4 is 5.91 Å².